The number of piperazine rings is 1. The van der Waals surface area contributed by atoms with Crippen molar-refractivity contribution in [2.75, 3.05) is 39.3 Å². The first-order valence-electron chi connectivity index (χ1n) is 7.12. The minimum Gasteiger partial charge on any atom is -0.366 e. The number of carbonyl (C=O) groups is 1. The summed E-state index contributed by atoms with van der Waals surface area (Å²) < 4.78 is 5.59. The van der Waals surface area contributed by atoms with E-state index in [0.717, 1.165) is 19.6 Å². The molecule has 0 bridgehead atoms. The largest absolute Gasteiger partial charge is 0.366 e. The molecule has 3 fully saturated rings. The van der Waals surface area contributed by atoms with Crippen molar-refractivity contribution in [3.05, 3.63) is 0 Å². The van der Waals surface area contributed by atoms with Gasteiger partial charge >= 0.3 is 0 Å². The standard InChI is InChI=1S/C13H23N3O2.2ClH/c1-10-8-15-5-2-3-11(15)9-16(10)13(17)12-7-14-4-6-18-12;;/h10-12,14H,2-9H2,1H3;2*1H. The molecule has 1 N–H and O–H groups in total. The lowest BCUT2D eigenvalue weighted by Gasteiger charge is -2.43. The van der Waals surface area contributed by atoms with Crippen molar-refractivity contribution >= 4 is 30.7 Å². The molecule has 0 aromatic heterocycles. The molecule has 3 aliphatic rings. The molecule has 0 aromatic carbocycles. The van der Waals surface area contributed by atoms with Gasteiger partial charge in [0, 0.05) is 38.3 Å². The molecular weight excluding hydrogens is 301 g/mol. The zero-order valence-corrected chi connectivity index (χ0v) is 13.5. The Labute approximate surface area is 133 Å². The summed E-state index contributed by atoms with van der Waals surface area (Å²) in [7, 11) is 0. The molecule has 0 aliphatic carbocycles. The van der Waals surface area contributed by atoms with Crippen LogP contribution in [0.25, 0.3) is 0 Å². The van der Waals surface area contributed by atoms with Crippen LogP contribution in [0.5, 0.6) is 0 Å². The molecule has 0 radical (unpaired) electrons. The van der Waals surface area contributed by atoms with E-state index in [4.69, 9.17) is 4.74 Å². The van der Waals surface area contributed by atoms with Crippen molar-refractivity contribution in [1.82, 2.24) is 15.1 Å². The number of fused-ring (bicyclic) bond motifs is 1. The zero-order valence-electron chi connectivity index (χ0n) is 11.9. The predicted molar refractivity (Wildman–Crippen MR) is 82.9 cm³/mol. The number of nitrogens with zero attached hydrogens (tertiary/aromatic N) is 2. The molecule has 20 heavy (non-hydrogen) atoms. The topological polar surface area (TPSA) is 44.8 Å². The van der Waals surface area contributed by atoms with Crippen LogP contribution >= 0.6 is 24.8 Å². The van der Waals surface area contributed by atoms with Gasteiger partial charge in [0.15, 0.2) is 0 Å². The third kappa shape index (κ3) is 3.57. The Balaban J connectivity index is 0.000001000. The highest BCUT2D eigenvalue weighted by atomic mass is 35.5. The summed E-state index contributed by atoms with van der Waals surface area (Å²) >= 11 is 0. The van der Waals surface area contributed by atoms with Gasteiger partial charge in [-0.15, -0.1) is 24.8 Å². The highest BCUT2D eigenvalue weighted by Gasteiger charge is 2.38. The number of carbonyl (C=O) groups excluding carboxylic acids is 1. The van der Waals surface area contributed by atoms with Crippen molar-refractivity contribution in [1.29, 1.82) is 0 Å². The van der Waals surface area contributed by atoms with E-state index in [9.17, 15) is 4.79 Å². The number of hydrogen-bond donors (Lipinski definition) is 1. The second-order valence-electron chi connectivity index (χ2n) is 5.69. The summed E-state index contributed by atoms with van der Waals surface area (Å²) in [5.41, 5.74) is 0. The Kier molecular flexibility index (Phi) is 7.01. The first kappa shape index (κ1) is 18.0. The Morgan fingerprint density at radius 1 is 1.30 bits per heavy atom. The molecule has 3 heterocycles. The zero-order chi connectivity index (χ0) is 12.5. The van der Waals surface area contributed by atoms with Crippen LogP contribution in [0.15, 0.2) is 0 Å². The van der Waals surface area contributed by atoms with Gasteiger partial charge < -0.3 is 15.0 Å². The molecule has 5 nitrogen and oxygen atoms in total. The van der Waals surface area contributed by atoms with Gasteiger partial charge in [-0.05, 0) is 26.3 Å². The average Bonchev–Trinajstić information content (AvgIpc) is 2.85. The van der Waals surface area contributed by atoms with E-state index in [0.29, 0.717) is 25.2 Å². The minimum absolute atomic E-state index is 0. The maximum atomic E-state index is 12.5. The van der Waals surface area contributed by atoms with Crippen LogP contribution in [-0.4, -0.2) is 73.2 Å². The quantitative estimate of drug-likeness (QED) is 0.763. The Hall–Kier alpha value is -0.0700. The highest BCUT2D eigenvalue weighted by Crippen LogP contribution is 2.25. The molecule has 0 aromatic rings. The lowest BCUT2D eigenvalue weighted by molar-refractivity contribution is -0.150. The fraction of sp³-hybridized carbons (Fsp3) is 0.923. The molecule has 3 saturated heterocycles. The van der Waals surface area contributed by atoms with E-state index in [2.05, 4.69) is 17.1 Å². The normalized spacial score (nSPS) is 33.9. The van der Waals surface area contributed by atoms with Crippen LogP contribution in [0.1, 0.15) is 19.8 Å². The molecule has 7 heteroatoms. The van der Waals surface area contributed by atoms with E-state index in [-0.39, 0.29) is 36.8 Å². The maximum absolute atomic E-state index is 12.5. The van der Waals surface area contributed by atoms with E-state index in [1.54, 1.807) is 0 Å². The summed E-state index contributed by atoms with van der Waals surface area (Å²) in [6.45, 7) is 7.44. The number of morpholine rings is 1. The van der Waals surface area contributed by atoms with E-state index < -0.39 is 0 Å². The SMILES string of the molecule is CC1CN2CCCC2CN1C(=O)C1CNCCO1.Cl.Cl. The Bertz CT molecular complexity index is 327. The molecule has 0 spiro atoms. The Morgan fingerprint density at radius 2 is 2.10 bits per heavy atom. The monoisotopic (exact) mass is 325 g/mol. The number of halogens is 2. The van der Waals surface area contributed by atoms with Gasteiger partial charge in [-0.1, -0.05) is 0 Å². The number of ether oxygens (including phenoxy) is 1. The van der Waals surface area contributed by atoms with Crippen LogP contribution < -0.4 is 5.32 Å². The van der Waals surface area contributed by atoms with Crippen molar-refractivity contribution in [3.8, 4) is 0 Å². The fourth-order valence-electron chi connectivity index (χ4n) is 3.40. The van der Waals surface area contributed by atoms with Gasteiger partial charge in [-0.3, -0.25) is 9.69 Å². The van der Waals surface area contributed by atoms with Gasteiger partial charge in [-0.25, -0.2) is 0 Å². The molecule has 1 amide bonds. The maximum Gasteiger partial charge on any atom is 0.253 e. The third-order valence-corrected chi connectivity index (χ3v) is 4.42. The summed E-state index contributed by atoms with van der Waals surface area (Å²) in [5, 5.41) is 3.23. The fourth-order valence-corrected chi connectivity index (χ4v) is 3.40. The Morgan fingerprint density at radius 3 is 2.80 bits per heavy atom. The summed E-state index contributed by atoms with van der Waals surface area (Å²) in [4.78, 5) is 17.1. The molecular formula is C13H25Cl2N3O2. The van der Waals surface area contributed by atoms with Gasteiger partial charge in [0.2, 0.25) is 0 Å². The molecule has 3 aliphatic heterocycles. The number of nitrogens with one attached hydrogen (secondary N) is 1. The first-order valence-corrected chi connectivity index (χ1v) is 7.12. The van der Waals surface area contributed by atoms with Crippen LogP contribution in [-0.2, 0) is 9.53 Å². The van der Waals surface area contributed by atoms with Crippen molar-refractivity contribution in [2.45, 2.75) is 38.0 Å². The van der Waals surface area contributed by atoms with Gasteiger partial charge in [0.25, 0.3) is 5.91 Å². The first-order chi connectivity index (χ1) is 8.75. The van der Waals surface area contributed by atoms with Crippen LogP contribution in [0.4, 0.5) is 0 Å². The molecule has 3 atom stereocenters. The predicted octanol–water partition coefficient (Wildman–Crippen LogP) is 0.513. The van der Waals surface area contributed by atoms with Crippen molar-refractivity contribution < 1.29 is 9.53 Å². The van der Waals surface area contributed by atoms with E-state index >= 15 is 0 Å². The van der Waals surface area contributed by atoms with Crippen LogP contribution in [0, 0.1) is 0 Å². The van der Waals surface area contributed by atoms with E-state index in [1.807, 2.05) is 4.90 Å². The molecule has 3 unspecified atom stereocenters. The summed E-state index contributed by atoms with van der Waals surface area (Å²) in [5.74, 6) is 0.182. The van der Waals surface area contributed by atoms with Crippen molar-refractivity contribution in [2.24, 2.45) is 0 Å². The van der Waals surface area contributed by atoms with Crippen molar-refractivity contribution in [3.63, 3.8) is 0 Å². The van der Waals surface area contributed by atoms with E-state index in [1.165, 1.54) is 19.4 Å². The van der Waals surface area contributed by atoms with Gasteiger partial charge in [-0.2, -0.15) is 0 Å². The van der Waals surface area contributed by atoms with Crippen LogP contribution in [0.2, 0.25) is 0 Å². The van der Waals surface area contributed by atoms with Gasteiger partial charge in [0.1, 0.15) is 6.10 Å². The van der Waals surface area contributed by atoms with Crippen LogP contribution in [0.3, 0.4) is 0 Å². The summed E-state index contributed by atoms with van der Waals surface area (Å²) in [6, 6.07) is 0.902. The molecule has 0 saturated carbocycles. The average molecular weight is 326 g/mol. The summed E-state index contributed by atoms with van der Waals surface area (Å²) in [6.07, 6.45) is 2.25. The minimum atomic E-state index is -0.269. The van der Waals surface area contributed by atoms with Gasteiger partial charge in [0.05, 0.1) is 6.61 Å². The number of amides is 1. The smallest absolute Gasteiger partial charge is 0.253 e. The lowest BCUT2D eigenvalue weighted by Crippen LogP contribution is -2.60. The third-order valence-electron chi connectivity index (χ3n) is 4.42. The second kappa shape index (κ2) is 7.80. The second-order valence-corrected chi connectivity index (χ2v) is 5.69. The highest BCUT2D eigenvalue weighted by molar-refractivity contribution is 5.85. The lowest BCUT2D eigenvalue weighted by atomic mass is 10.1. The number of rotatable bonds is 1. The number of hydrogen-bond acceptors (Lipinski definition) is 4. The molecule has 3 rings (SSSR count). The molecule has 118 valence electrons.